The first kappa shape index (κ1) is 11.8. The Morgan fingerprint density at radius 3 is 2.47 bits per heavy atom. The van der Waals surface area contributed by atoms with Gasteiger partial charge in [-0.15, -0.1) is 0 Å². The van der Waals surface area contributed by atoms with Crippen LogP contribution in [0.4, 0.5) is 0 Å². The third-order valence-corrected chi connectivity index (χ3v) is 1.97. The molecule has 0 radical (unpaired) electrons. The molecule has 0 aliphatic heterocycles. The lowest BCUT2D eigenvalue weighted by atomic mass is 9.91. The van der Waals surface area contributed by atoms with E-state index in [2.05, 4.69) is 25.5 Å². The molecule has 3 nitrogen and oxygen atoms in total. The lowest BCUT2D eigenvalue weighted by Crippen LogP contribution is -2.08. The van der Waals surface area contributed by atoms with Crippen molar-refractivity contribution in [3.63, 3.8) is 0 Å². The smallest absolute Gasteiger partial charge is 0.313 e. The maximum absolute atomic E-state index is 11.0. The van der Waals surface area contributed by atoms with Crippen LogP contribution in [-0.2, 0) is 22.4 Å². The van der Waals surface area contributed by atoms with Gasteiger partial charge in [-0.3, -0.25) is 4.79 Å². The Labute approximate surface area is 90.4 Å². The van der Waals surface area contributed by atoms with E-state index in [1.165, 1.54) is 7.11 Å². The fraction of sp³-hybridized carbons (Fsp3) is 0.583. The van der Waals surface area contributed by atoms with E-state index in [-0.39, 0.29) is 17.8 Å². The van der Waals surface area contributed by atoms with Crippen molar-refractivity contribution in [1.82, 2.24) is 0 Å². The predicted molar refractivity (Wildman–Crippen MR) is 57.6 cm³/mol. The Balaban J connectivity index is 2.60. The molecule has 0 saturated heterocycles. The highest BCUT2D eigenvalue weighted by Crippen LogP contribution is 2.22. The van der Waals surface area contributed by atoms with Crippen LogP contribution in [0.3, 0.4) is 0 Å². The Morgan fingerprint density at radius 1 is 1.33 bits per heavy atom. The fourth-order valence-electron chi connectivity index (χ4n) is 1.35. The molecule has 15 heavy (non-hydrogen) atoms. The van der Waals surface area contributed by atoms with E-state index in [0.717, 1.165) is 12.2 Å². The summed E-state index contributed by atoms with van der Waals surface area (Å²) >= 11 is 0. The maximum atomic E-state index is 11.0. The molecule has 1 aromatic heterocycles. The van der Waals surface area contributed by atoms with Gasteiger partial charge in [0.15, 0.2) is 0 Å². The van der Waals surface area contributed by atoms with Crippen LogP contribution < -0.4 is 0 Å². The van der Waals surface area contributed by atoms with E-state index in [1.54, 1.807) is 0 Å². The standard InChI is InChI=1S/C12H18O3/c1-12(2,3)8-10-6-5-9(15-10)7-11(13)14-4/h5-6H,7-8H2,1-4H3. The van der Waals surface area contributed by atoms with E-state index in [4.69, 9.17) is 4.42 Å². The SMILES string of the molecule is COC(=O)Cc1ccc(CC(C)(C)C)o1. The molecule has 0 amide bonds. The Hall–Kier alpha value is -1.25. The number of rotatable bonds is 3. The molecule has 3 heteroatoms. The molecule has 1 heterocycles. The van der Waals surface area contributed by atoms with Crippen LogP contribution in [0.5, 0.6) is 0 Å². The van der Waals surface area contributed by atoms with E-state index >= 15 is 0 Å². The zero-order chi connectivity index (χ0) is 11.5. The zero-order valence-corrected chi connectivity index (χ0v) is 9.79. The van der Waals surface area contributed by atoms with Crippen LogP contribution in [0, 0.1) is 5.41 Å². The second-order valence-corrected chi connectivity index (χ2v) is 4.86. The molecule has 0 unspecified atom stereocenters. The first-order chi connectivity index (χ1) is 6.90. The summed E-state index contributed by atoms with van der Waals surface area (Å²) in [6.07, 6.45) is 1.08. The van der Waals surface area contributed by atoms with Crippen molar-refractivity contribution in [2.24, 2.45) is 5.41 Å². The minimum absolute atomic E-state index is 0.195. The number of ether oxygens (including phenoxy) is 1. The molecule has 0 aliphatic carbocycles. The molecule has 0 atom stereocenters. The van der Waals surface area contributed by atoms with Gasteiger partial charge in [0.1, 0.15) is 17.9 Å². The van der Waals surface area contributed by atoms with Crippen LogP contribution in [-0.4, -0.2) is 13.1 Å². The van der Waals surface area contributed by atoms with Crippen molar-refractivity contribution >= 4 is 5.97 Å². The summed E-state index contributed by atoms with van der Waals surface area (Å²) in [6.45, 7) is 6.44. The number of furan rings is 1. The molecule has 1 rings (SSSR count). The summed E-state index contributed by atoms with van der Waals surface area (Å²) in [7, 11) is 1.38. The van der Waals surface area contributed by atoms with Crippen LogP contribution in [0.2, 0.25) is 0 Å². The van der Waals surface area contributed by atoms with Gasteiger partial charge in [-0.1, -0.05) is 20.8 Å². The maximum Gasteiger partial charge on any atom is 0.313 e. The largest absolute Gasteiger partial charge is 0.469 e. The van der Waals surface area contributed by atoms with Gasteiger partial charge < -0.3 is 9.15 Å². The van der Waals surface area contributed by atoms with Gasteiger partial charge in [0.05, 0.1) is 7.11 Å². The fourth-order valence-corrected chi connectivity index (χ4v) is 1.35. The van der Waals surface area contributed by atoms with Crippen LogP contribution in [0.15, 0.2) is 16.5 Å². The number of carbonyl (C=O) groups is 1. The summed E-state index contributed by atoms with van der Waals surface area (Å²) in [5.74, 6) is 1.31. The number of esters is 1. The normalized spacial score (nSPS) is 11.5. The van der Waals surface area contributed by atoms with Gasteiger partial charge in [0, 0.05) is 6.42 Å². The van der Waals surface area contributed by atoms with Crippen molar-refractivity contribution in [3.8, 4) is 0 Å². The van der Waals surface area contributed by atoms with Gasteiger partial charge in [0.25, 0.3) is 0 Å². The lowest BCUT2D eigenvalue weighted by Gasteiger charge is -2.15. The van der Waals surface area contributed by atoms with Crippen molar-refractivity contribution in [3.05, 3.63) is 23.7 Å². The van der Waals surface area contributed by atoms with Crippen molar-refractivity contribution in [2.45, 2.75) is 33.6 Å². The highest BCUT2D eigenvalue weighted by molar-refractivity contribution is 5.71. The molecular formula is C12H18O3. The molecule has 0 bridgehead atoms. The Kier molecular flexibility index (Phi) is 3.56. The van der Waals surface area contributed by atoms with Crippen molar-refractivity contribution in [1.29, 1.82) is 0 Å². The third-order valence-electron chi connectivity index (χ3n) is 1.97. The predicted octanol–water partition coefficient (Wildman–Crippen LogP) is 2.58. The first-order valence-corrected chi connectivity index (χ1v) is 5.05. The van der Waals surface area contributed by atoms with Gasteiger partial charge in [-0.2, -0.15) is 0 Å². The number of hydrogen-bond donors (Lipinski definition) is 0. The monoisotopic (exact) mass is 210 g/mol. The summed E-state index contributed by atoms with van der Waals surface area (Å²) in [5, 5.41) is 0. The topological polar surface area (TPSA) is 39.4 Å². The molecule has 0 spiro atoms. The lowest BCUT2D eigenvalue weighted by molar-refractivity contribution is -0.140. The Morgan fingerprint density at radius 2 is 1.93 bits per heavy atom. The molecule has 0 aromatic carbocycles. The van der Waals surface area contributed by atoms with E-state index < -0.39 is 0 Å². The highest BCUT2D eigenvalue weighted by atomic mass is 16.5. The quantitative estimate of drug-likeness (QED) is 0.720. The molecular weight excluding hydrogens is 192 g/mol. The molecule has 1 aromatic rings. The molecule has 0 fully saturated rings. The number of methoxy groups -OCH3 is 1. The average Bonchev–Trinajstić information content (AvgIpc) is 2.49. The third kappa shape index (κ3) is 4.19. The first-order valence-electron chi connectivity index (χ1n) is 5.05. The zero-order valence-electron chi connectivity index (χ0n) is 9.79. The summed E-state index contributed by atoms with van der Waals surface area (Å²) in [4.78, 5) is 11.0. The van der Waals surface area contributed by atoms with Crippen LogP contribution in [0.1, 0.15) is 32.3 Å². The van der Waals surface area contributed by atoms with Gasteiger partial charge in [0.2, 0.25) is 0 Å². The highest BCUT2D eigenvalue weighted by Gasteiger charge is 2.15. The van der Waals surface area contributed by atoms with Gasteiger partial charge in [-0.05, 0) is 17.5 Å². The van der Waals surface area contributed by atoms with Crippen molar-refractivity contribution in [2.75, 3.05) is 7.11 Å². The van der Waals surface area contributed by atoms with Gasteiger partial charge in [-0.25, -0.2) is 0 Å². The molecule has 0 saturated carbocycles. The molecule has 0 aliphatic rings. The molecule has 0 N–H and O–H groups in total. The number of hydrogen-bond acceptors (Lipinski definition) is 3. The summed E-state index contributed by atoms with van der Waals surface area (Å²) < 4.78 is 10.1. The van der Waals surface area contributed by atoms with Crippen molar-refractivity contribution < 1.29 is 13.9 Å². The average molecular weight is 210 g/mol. The summed E-state index contributed by atoms with van der Waals surface area (Å²) in [6, 6.07) is 3.75. The molecule has 84 valence electrons. The minimum Gasteiger partial charge on any atom is -0.469 e. The van der Waals surface area contributed by atoms with Gasteiger partial charge >= 0.3 is 5.97 Å². The second kappa shape index (κ2) is 4.51. The van der Waals surface area contributed by atoms with E-state index in [9.17, 15) is 4.79 Å². The van der Waals surface area contributed by atoms with E-state index in [0.29, 0.717) is 5.76 Å². The summed E-state index contributed by atoms with van der Waals surface area (Å²) in [5.41, 5.74) is 0.195. The Bertz CT molecular complexity index is 331. The minimum atomic E-state index is -0.272. The van der Waals surface area contributed by atoms with Crippen LogP contribution in [0.25, 0.3) is 0 Å². The van der Waals surface area contributed by atoms with E-state index in [1.807, 2.05) is 12.1 Å². The van der Waals surface area contributed by atoms with Crippen LogP contribution >= 0.6 is 0 Å². The number of carbonyl (C=O) groups excluding carboxylic acids is 1. The second-order valence-electron chi connectivity index (χ2n) is 4.86.